The minimum Gasteiger partial charge on any atom is -0.480 e. The molecule has 362 valence electrons. The topological polar surface area (TPSA) is 245 Å². The lowest BCUT2D eigenvalue weighted by Crippen LogP contribution is -2.59. The summed E-state index contributed by atoms with van der Waals surface area (Å²) in [5.41, 5.74) is 0. The van der Waals surface area contributed by atoms with Crippen LogP contribution in [0.3, 0.4) is 0 Å². The van der Waals surface area contributed by atoms with Gasteiger partial charge in [0.2, 0.25) is 5.91 Å². The summed E-state index contributed by atoms with van der Waals surface area (Å²) in [5, 5.41) is 52.1. The third kappa shape index (κ3) is 26.7. The molecule has 1 heterocycles. The molecule has 62 heavy (non-hydrogen) atoms. The van der Waals surface area contributed by atoms with Crippen LogP contribution < -0.4 is 5.32 Å². The molecule has 0 aromatic rings. The minimum absolute atomic E-state index is 0.188. The highest BCUT2D eigenvalue weighted by atomic mass is 16.7. The molecular formula is C46H83NO15. The van der Waals surface area contributed by atoms with E-state index in [1.807, 2.05) is 6.92 Å². The van der Waals surface area contributed by atoms with Crippen LogP contribution in [0.2, 0.25) is 0 Å². The number of carbonyl (C=O) groups excluding carboxylic acids is 4. The van der Waals surface area contributed by atoms with Crippen LogP contribution >= 0.6 is 0 Å². The van der Waals surface area contributed by atoms with Gasteiger partial charge in [0.25, 0.3) is 0 Å². The summed E-state index contributed by atoms with van der Waals surface area (Å²) in [6.07, 6.45) is 6.47. The van der Waals surface area contributed by atoms with Crippen molar-refractivity contribution in [2.45, 2.75) is 250 Å². The maximum absolute atomic E-state index is 13.6. The monoisotopic (exact) mass is 890 g/mol. The molecule has 6 N–H and O–H groups in total. The normalized spacial score (nSPS) is 20.7. The third-order valence-electron chi connectivity index (χ3n) is 11.1. The number of aliphatic carboxylic acids is 1. The molecular weight excluding hydrogens is 806 g/mol. The first-order chi connectivity index (χ1) is 29.8. The van der Waals surface area contributed by atoms with Crippen molar-refractivity contribution in [1.29, 1.82) is 0 Å². The van der Waals surface area contributed by atoms with E-state index in [2.05, 4.69) is 26.1 Å². The number of carbonyl (C=O) groups is 5. The lowest BCUT2D eigenvalue weighted by Gasteiger charge is -2.40. The highest BCUT2D eigenvalue weighted by molar-refractivity contribution is 5.81. The Hall–Kier alpha value is -2.89. The van der Waals surface area contributed by atoms with E-state index in [0.29, 0.717) is 44.9 Å². The molecule has 1 rings (SSSR count). The van der Waals surface area contributed by atoms with Crippen molar-refractivity contribution in [2.75, 3.05) is 13.2 Å². The molecule has 1 aliphatic heterocycles. The fourth-order valence-electron chi connectivity index (χ4n) is 7.46. The Kier molecular flexibility index (Phi) is 32.7. The fraction of sp³-hybridized carbons (Fsp3) is 0.891. The van der Waals surface area contributed by atoms with Crippen molar-refractivity contribution >= 4 is 29.8 Å². The van der Waals surface area contributed by atoms with Crippen molar-refractivity contribution in [3.8, 4) is 0 Å². The standard InChI is InChI=1S/C46H83NO15/c1-5-9-13-16-20-24-33(27-38(49)47-31-39(50)51)58-40(52)28-34(25-21-17-14-10-6-2)59-41(53)29-35(26-22-18-15-11-7-3)60-42(54)30-36(23-19-12-8-4)61-46-45(57)44(56)43(55)37(32-48)62-46/h33-37,43-46,48,55-57H,5-32H2,1-4H3,(H,47,49)(H,50,51)/t33-,34-,35-,36-,37-,43-,44+,45-,46-/m1/s1. The lowest BCUT2D eigenvalue weighted by atomic mass is 9.99. The van der Waals surface area contributed by atoms with Gasteiger partial charge in [0.1, 0.15) is 49.3 Å². The summed E-state index contributed by atoms with van der Waals surface area (Å²) in [7, 11) is 0. The molecule has 0 saturated carbocycles. The number of aliphatic hydroxyl groups excluding tert-OH is 4. The molecule has 1 amide bonds. The number of ether oxygens (including phenoxy) is 5. The summed E-state index contributed by atoms with van der Waals surface area (Å²) >= 11 is 0. The first kappa shape index (κ1) is 57.1. The van der Waals surface area contributed by atoms with E-state index in [1.54, 1.807) is 0 Å². The largest absolute Gasteiger partial charge is 0.480 e. The second-order valence-electron chi connectivity index (χ2n) is 16.9. The molecule has 0 aromatic carbocycles. The van der Waals surface area contributed by atoms with E-state index in [9.17, 15) is 44.4 Å². The van der Waals surface area contributed by atoms with Crippen LogP contribution in [0.15, 0.2) is 0 Å². The van der Waals surface area contributed by atoms with Gasteiger partial charge >= 0.3 is 23.9 Å². The first-order valence-corrected chi connectivity index (χ1v) is 23.8. The number of hydrogen-bond donors (Lipinski definition) is 6. The Balaban J connectivity index is 3.14. The zero-order chi connectivity index (χ0) is 46.1. The van der Waals surface area contributed by atoms with Gasteiger partial charge in [0.15, 0.2) is 6.29 Å². The SMILES string of the molecule is CCCCCCC[C@H](CC(=O)NCC(=O)O)OC(=O)C[C@@H](CCCCCCC)OC(=O)C[C@@H](CCCCCCC)OC(=O)C[C@@H](CCCCC)O[C@@H]1O[C@H](CO)[C@@H](O)[C@H](O)[C@H]1O. The second-order valence-corrected chi connectivity index (χ2v) is 16.9. The molecule has 1 aliphatic rings. The van der Waals surface area contributed by atoms with Crippen LogP contribution in [0.25, 0.3) is 0 Å². The van der Waals surface area contributed by atoms with Crippen LogP contribution in [-0.4, -0.2) is 124 Å². The van der Waals surface area contributed by atoms with E-state index in [1.165, 1.54) is 0 Å². The van der Waals surface area contributed by atoms with Crippen LogP contribution in [0.1, 0.15) is 195 Å². The van der Waals surface area contributed by atoms with Crippen LogP contribution in [0.5, 0.6) is 0 Å². The molecule has 1 saturated heterocycles. The number of esters is 3. The summed E-state index contributed by atoms with van der Waals surface area (Å²) in [6, 6.07) is 0. The van der Waals surface area contributed by atoms with Crippen LogP contribution in [0.4, 0.5) is 0 Å². The van der Waals surface area contributed by atoms with E-state index >= 15 is 0 Å². The quantitative estimate of drug-likeness (QED) is 0.0225. The molecule has 0 aliphatic carbocycles. The Bertz CT molecular complexity index is 1220. The number of rotatable bonds is 38. The summed E-state index contributed by atoms with van der Waals surface area (Å²) in [5.74, 6) is -3.64. The highest BCUT2D eigenvalue weighted by Gasteiger charge is 2.45. The number of carboxylic acid groups (broad SMARTS) is 1. The maximum Gasteiger partial charge on any atom is 0.322 e. The summed E-state index contributed by atoms with van der Waals surface area (Å²) < 4.78 is 29.2. The molecule has 0 bridgehead atoms. The zero-order valence-corrected chi connectivity index (χ0v) is 38.3. The van der Waals surface area contributed by atoms with E-state index < -0.39 is 98.1 Å². The minimum atomic E-state index is -1.64. The molecule has 0 spiro atoms. The summed E-state index contributed by atoms with van der Waals surface area (Å²) in [4.78, 5) is 64.1. The Morgan fingerprint density at radius 3 is 1.31 bits per heavy atom. The van der Waals surface area contributed by atoms with Crippen molar-refractivity contribution in [3.63, 3.8) is 0 Å². The van der Waals surface area contributed by atoms with E-state index in [4.69, 9.17) is 28.8 Å². The molecule has 0 aromatic heterocycles. The lowest BCUT2D eigenvalue weighted by molar-refractivity contribution is -0.312. The third-order valence-corrected chi connectivity index (χ3v) is 11.1. The van der Waals surface area contributed by atoms with Gasteiger partial charge in [-0.15, -0.1) is 0 Å². The zero-order valence-electron chi connectivity index (χ0n) is 38.3. The predicted octanol–water partition coefficient (Wildman–Crippen LogP) is 6.33. The Morgan fingerprint density at radius 2 is 0.887 bits per heavy atom. The summed E-state index contributed by atoms with van der Waals surface area (Å²) in [6.45, 7) is 7.16. The van der Waals surface area contributed by atoms with E-state index in [-0.39, 0.29) is 25.7 Å². The van der Waals surface area contributed by atoms with Crippen molar-refractivity contribution in [1.82, 2.24) is 5.32 Å². The van der Waals surface area contributed by atoms with Gasteiger partial charge in [-0.2, -0.15) is 0 Å². The second kappa shape index (κ2) is 35.5. The van der Waals surface area contributed by atoms with Crippen molar-refractivity contribution < 1.29 is 73.2 Å². The molecule has 9 atom stereocenters. The van der Waals surface area contributed by atoms with Gasteiger partial charge in [-0.1, -0.05) is 124 Å². The molecule has 0 radical (unpaired) electrons. The van der Waals surface area contributed by atoms with Gasteiger partial charge in [0, 0.05) is 0 Å². The van der Waals surface area contributed by atoms with Gasteiger partial charge in [-0.3, -0.25) is 24.0 Å². The number of unbranched alkanes of at least 4 members (excludes halogenated alkanes) is 14. The fourth-order valence-corrected chi connectivity index (χ4v) is 7.46. The first-order valence-electron chi connectivity index (χ1n) is 23.8. The smallest absolute Gasteiger partial charge is 0.322 e. The number of hydrogen-bond acceptors (Lipinski definition) is 14. The van der Waals surface area contributed by atoms with Gasteiger partial charge in [0.05, 0.1) is 38.4 Å². The number of nitrogens with one attached hydrogen (secondary N) is 1. The van der Waals surface area contributed by atoms with Crippen molar-refractivity contribution in [3.05, 3.63) is 0 Å². The van der Waals surface area contributed by atoms with Gasteiger partial charge in [-0.05, 0) is 44.9 Å². The van der Waals surface area contributed by atoms with Crippen molar-refractivity contribution in [2.24, 2.45) is 0 Å². The number of carboxylic acids is 1. The molecule has 16 nitrogen and oxygen atoms in total. The maximum atomic E-state index is 13.6. The predicted molar refractivity (Wildman–Crippen MR) is 232 cm³/mol. The Labute approximate surface area is 370 Å². The number of amides is 1. The average molecular weight is 890 g/mol. The highest BCUT2D eigenvalue weighted by Crippen LogP contribution is 2.26. The van der Waals surface area contributed by atoms with Crippen LogP contribution in [0, 0.1) is 0 Å². The average Bonchev–Trinajstić information content (AvgIpc) is 3.22. The van der Waals surface area contributed by atoms with Crippen LogP contribution in [-0.2, 0) is 47.7 Å². The number of aliphatic hydroxyl groups is 4. The molecule has 0 unspecified atom stereocenters. The molecule has 16 heteroatoms. The van der Waals surface area contributed by atoms with E-state index in [0.717, 1.165) is 96.3 Å². The Morgan fingerprint density at radius 1 is 0.516 bits per heavy atom. The molecule has 1 fully saturated rings. The van der Waals surface area contributed by atoms with Gasteiger partial charge in [-0.25, -0.2) is 0 Å². The van der Waals surface area contributed by atoms with Gasteiger partial charge < -0.3 is 54.5 Å².